The summed E-state index contributed by atoms with van der Waals surface area (Å²) >= 11 is 0. The molecule has 10 heavy (non-hydrogen) atoms. The topological polar surface area (TPSA) is 0 Å². The Morgan fingerprint density at radius 1 is 0.900 bits per heavy atom. The molecule has 0 amide bonds. The van der Waals surface area contributed by atoms with Crippen LogP contribution in [0.15, 0.2) is 12.2 Å². The second kappa shape index (κ2) is 3.90. The third-order valence-electron chi connectivity index (χ3n) is 1.93. The predicted octanol–water partition coefficient (Wildman–Crippen LogP) is 2.03. The Morgan fingerprint density at radius 2 is 1.30 bits per heavy atom. The molecule has 0 aliphatic heterocycles. The molecule has 50 valence electrons. The Hall–Kier alpha value is -0.130. The molecule has 0 N–H and O–H groups in total. The first kappa shape index (κ1) is 7.97. The summed E-state index contributed by atoms with van der Waals surface area (Å²) in [5, 5.41) is 0. The molecule has 0 saturated carbocycles. The van der Waals surface area contributed by atoms with Gasteiger partial charge in [-0.2, -0.15) is 0 Å². The van der Waals surface area contributed by atoms with Gasteiger partial charge in [0.15, 0.2) is 0 Å². The van der Waals surface area contributed by atoms with Gasteiger partial charge in [-0.3, -0.25) is 0 Å². The van der Waals surface area contributed by atoms with Gasteiger partial charge in [0.05, 0.1) is 15.7 Å². The molecule has 1 aliphatic rings. The zero-order valence-electron chi connectivity index (χ0n) is 6.29. The van der Waals surface area contributed by atoms with Crippen LogP contribution in [0.3, 0.4) is 0 Å². The molecule has 2 atom stereocenters. The molecule has 0 spiro atoms. The highest BCUT2D eigenvalue weighted by molar-refractivity contribution is 6.14. The van der Waals surface area contributed by atoms with Gasteiger partial charge in [0, 0.05) is 0 Å². The van der Waals surface area contributed by atoms with Crippen molar-refractivity contribution >= 4 is 15.7 Å². The largest absolute Gasteiger partial charge is 0.0946 e. The van der Waals surface area contributed by atoms with Gasteiger partial charge >= 0.3 is 0 Å². The molecule has 2 unspecified atom stereocenters. The van der Waals surface area contributed by atoms with Gasteiger partial charge in [-0.15, -0.1) is 0 Å². The third-order valence-corrected chi connectivity index (χ3v) is 1.93. The van der Waals surface area contributed by atoms with Gasteiger partial charge in [0.25, 0.3) is 0 Å². The van der Waals surface area contributed by atoms with E-state index < -0.39 is 0 Å². The summed E-state index contributed by atoms with van der Waals surface area (Å²) in [4.78, 5) is 0. The second-order valence-electron chi connectivity index (χ2n) is 3.00. The molecule has 0 bridgehead atoms. The van der Waals surface area contributed by atoms with Crippen molar-refractivity contribution in [1.82, 2.24) is 0 Å². The van der Waals surface area contributed by atoms with Crippen LogP contribution in [-0.2, 0) is 0 Å². The first-order valence-corrected chi connectivity index (χ1v) is 3.98. The molecule has 0 nitrogen and oxygen atoms in total. The van der Waals surface area contributed by atoms with Crippen molar-refractivity contribution in [3.8, 4) is 0 Å². The molecular weight excluding hydrogens is 118 g/mol. The van der Waals surface area contributed by atoms with Crippen molar-refractivity contribution in [3.05, 3.63) is 12.2 Å². The van der Waals surface area contributed by atoms with Crippen molar-refractivity contribution in [2.24, 2.45) is 0 Å². The van der Waals surface area contributed by atoms with E-state index in [0.717, 1.165) is 12.8 Å². The van der Waals surface area contributed by atoms with E-state index in [0.29, 0.717) is 0 Å². The minimum absolute atomic E-state index is 0.242. The van der Waals surface area contributed by atoms with Crippen LogP contribution >= 0.6 is 0 Å². The fraction of sp³-hybridized carbons (Fsp3) is 0.750. The normalized spacial score (nSPS) is 38.0. The minimum atomic E-state index is 0.242. The molecule has 2 heteroatoms. The fourth-order valence-corrected chi connectivity index (χ4v) is 1.24. The van der Waals surface area contributed by atoms with Crippen molar-refractivity contribution in [2.45, 2.75) is 37.3 Å². The van der Waals surface area contributed by atoms with E-state index in [1.807, 2.05) is 12.2 Å². The second-order valence-corrected chi connectivity index (χ2v) is 3.00. The van der Waals surface area contributed by atoms with Crippen LogP contribution in [0, 0.1) is 0 Å². The number of rotatable bonds is 0. The lowest BCUT2D eigenvalue weighted by Crippen LogP contribution is -1.96. The van der Waals surface area contributed by atoms with E-state index in [4.69, 9.17) is 15.7 Å². The summed E-state index contributed by atoms with van der Waals surface area (Å²) in [6.45, 7) is 0. The van der Waals surface area contributed by atoms with Gasteiger partial charge in [-0.1, -0.05) is 49.5 Å². The van der Waals surface area contributed by atoms with E-state index in [2.05, 4.69) is 0 Å². The Balaban J connectivity index is 2.42. The van der Waals surface area contributed by atoms with E-state index >= 15 is 0 Å². The molecule has 0 aromatic heterocycles. The molecule has 1 rings (SSSR count). The summed E-state index contributed by atoms with van der Waals surface area (Å²) in [5.74, 6) is 0.484. The summed E-state index contributed by atoms with van der Waals surface area (Å²) in [5.41, 5.74) is 0. The minimum Gasteiger partial charge on any atom is -0.0946 e. The molecule has 0 aromatic carbocycles. The van der Waals surface area contributed by atoms with Crippen LogP contribution in [0.4, 0.5) is 0 Å². The van der Waals surface area contributed by atoms with Crippen molar-refractivity contribution in [2.75, 3.05) is 0 Å². The van der Waals surface area contributed by atoms with E-state index in [9.17, 15) is 0 Å². The highest BCUT2D eigenvalue weighted by Crippen LogP contribution is 2.22. The van der Waals surface area contributed by atoms with Crippen LogP contribution < -0.4 is 0 Å². The summed E-state index contributed by atoms with van der Waals surface area (Å²) < 4.78 is 0. The first-order valence-electron chi connectivity index (χ1n) is 3.98. The predicted molar refractivity (Wildman–Crippen MR) is 46.6 cm³/mol. The number of hydrogen-bond donors (Lipinski definition) is 0. The lowest BCUT2D eigenvalue weighted by molar-refractivity contribution is 0.637. The Kier molecular flexibility index (Phi) is 3.11. The quantitative estimate of drug-likeness (QED) is 0.347. The highest BCUT2D eigenvalue weighted by atomic mass is 14.0. The fourth-order valence-electron chi connectivity index (χ4n) is 1.24. The molecule has 1 aliphatic carbocycles. The maximum absolute atomic E-state index is 5.72. The molecule has 0 saturated heterocycles. The first-order chi connectivity index (χ1) is 4.79. The molecular formula is C8H12B2. The van der Waals surface area contributed by atoms with Crippen LogP contribution in [0.25, 0.3) is 0 Å². The Morgan fingerprint density at radius 3 is 1.70 bits per heavy atom. The lowest BCUT2D eigenvalue weighted by atomic mass is 9.75. The van der Waals surface area contributed by atoms with Crippen LogP contribution in [0.1, 0.15) is 25.7 Å². The average Bonchev–Trinajstić information content (AvgIpc) is 1.90. The maximum atomic E-state index is 5.72. The average molecular weight is 130 g/mol. The zero-order chi connectivity index (χ0) is 7.40. The summed E-state index contributed by atoms with van der Waals surface area (Å²) in [7, 11) is 11.4. The Labute approximate surface area is 65.9 Å². The van der Waals surface area contributed by atoms with E-state index in [1.54, 1.807) is 0 Å². The van der Waals surface area contributed by atoms with Gasteiger partial charge in [-0.05, 0) is 0 Å². The molecule has 0 aromatic rings. The van der Waals surface area contributed by atoms with Crippen molar-refractivity contribution in [1.29, 1.82) is 0 Å². The van der Waals surface area contributed by atoms with E-state index in [1.165, 1.54) is 12.8 Å². The van der Waals surface area contributed by atoms with Gasteiger partial charge in [-0.25, -0.2) is 0 Å². The standard InChI is InChI=1S/C8H12B2/c9-7-3-1-2-4-8(10)6-5-7/h5-8H,1-4H2/b6-5+. The lowest BCUT2D eigenvalue weighted by Gasteiger charge is -2.13. The summed E-state index contributed by atoms with van der Waals surface area (Å²) in [6.07, 6.45) is 8.73. The zero-order valence-corrected chi connectivity index (χ0v) is 6.29. The van der Waals surface area contributed by atoms with Crippen LogP contribution in [0.5, 0.6) is 0 Å². The van der Waals surface area contributed by atoms with Gasteiger partial charge in [0.1, 0.15) is 0 Å². The molecule has 4 radical (unpaired) electrons. The number of hydrogen-bond acceptors (Lipinski definition) is 0. The van der Waals surface area contributed by atoms with E-state index in [-0.39, 0.29) is 11.6 Å². The summed E-state index contributed by atoms with van der Waals surface area (Å²) in [6, 6.07) is 0. The van der Waals surface area contributed by atoms with Crippen LogP contribution in [0.2, 0.25) is 11.6 Å². The van der Waals surface area contributed by atoms with Crippen molar-refractivity contribution < 1.29 is 0 Å². The van der Waals surface area contributed by atoms with Crippen LogP contribution in [-0.4, -0.2) is 15.7 Å². The third kappa shape index (κ3) is 2.64. The maximum Gasteiger partial charge on any atom is 0.0755 e. The SMILES string of the molecule is [B]C1/C=C/C([B])CCCC1. The Bertz CT molecular complexity index is 106. The van der Waals surface area contributed by atoms with Gasteiger partial charge in [0.2, 0.25) is 0 Å². The van der Waals surface area contributed by atoms with Gasteiger partial charge < -0.3 is 0 Å². The highest BCUT2D eigenvalue weighted by Gasteiger charge is 2.03. The smallest absolute Gasteiger partial charge is 0.0755 e. The number of allylic oxidation sites excluding steroid dienone is 2. The monoisotopic (exact) mass is 130 g/mol. The molecule has 0 fully saturated rings. The molecule has 0 heterocycles. The van der Waals surface area contributed by atoms with Crippen molar-refractivity contribution in [3.63, 3.8) is 0 Å².